The van der Waals surface area contributed by atoms with Crippen molar-refractivity contribution < 1.29 is 9.53 Å². The summed E-state index contributed by atoms with van der Waals surface area (Å²) < 4.78 is 6.79. The molecule has 0 bridgehead atoms. The zero-order valence-electron chi connectivity index (χ0n) is 9.27. The highest BCUT2D eigenvalue weighted by Gasteiger charge is 2.11. The van der Waals surface area contributed by atoms with Crippen molar-refractivity contribution in [1.82, 2.24) is 15.0 Å². The molecule has 0 spiro atoms. The Morgan fingerprint density at radius 1 is 1.53 bits per heavy atom. The topological polar surface area (TPSA) is 57.0 Å². The van der Waals surface area contributed by atoms with Crippen LogP contribution < -0.4 is 0 Å². The van der Waals surface area contributed by atoms with Gasteiger partial charge in [-0.3, -0.25) is 4.79 Å². The van der Waals surface area contributed by atoms with Gasteiger partial charge in [0.25, 0.3) is 0 Å². The van der Waals surface area contributed by atoms with E-state index in [9.17, 15) is 4.79 Å². The number of aldehydes is 1. The highest BCUT2D eigenvalue weighted by molar-refractivity contribution is 5.73. The number of hydrogen-bond donors (Lipinski definition) is 0. The number of unbranched alkanes of at least 4 members (excludes halogenated alkanes) is 1. The molecule has 5 nitrogen and oxygen atoms in total. The number of carbonyl (C=O) groups is 1. The first-order chi connectivity index (χ1) is 7.33. The van der Waals surface area contributed by atoms with Crippen LogP contribution in [0.25, 0.3) is 0 Å². The molecule has 1 heterocycles. The van der Waals surface area contributed by atoms with Gasteiger partial charge in [-0.15, -0.1) is 5.10 Å². The standard InChI is InChI=1S/C10H17N3O2/c1-3-4-6-13-10(5-7-15-2)9(8-14)11-12-13/h8H,3-7H2,1-2H3. The Kier molecular flexibility index (Phi) is 4.97. The molecule has 0 unspecified atom stereocenters. The van der Waals surface area contributed by atoms with E-state index in [2.05, 4.69) is 17.2 Å². The molecule has 0 N–H and O–H groups in total. The molecule has 0 saturated carbocycles. The Hall–Kier alpha value is -1.23. The monoisotopic (exact) mass is 211 g/mol. The summed E-state index contributed by atoms with van der Waals surface area (Å²) in [5.41, 5.74) is 1.31. The molecule has 5 heteroatoms. The first kappa shape index (κ1) is 11.8. The van der Waals surface area contributed by atoms with E-state index in [1.165, 1.54) is 0 Å². The molecule has 1 aromatic rings. The predicted molar refractivity (Wildman–Crippen MR) is 55.9 cm³/mol. The largest absolute Gasteiger partial charge is 0.384 e. The average Bonchev–Trinajstić information content (AvgIpc) is 2.65. The van der Waals surface area contributed by atoms with E-state index < -0.39 is 0 Å². The molecular weight excluding hydrogens is 194 g/mol. The van der Waals surface area contributed by atoms with Crippen LogP contribution in [0.4, 0.5) is 0 Å². The number of methoxy groups -OCH3 is 1. The zero-order valence-corrected chi connectivity index (χ0v) is 9.27. The van der Waals surface area contributed by atoms with Crippen molar-refractivity contribution in [2.24, 2.45) is 0 Å². The van der Waals surface area contributed by atoms with E-state index in [1.54, 1.807) is 11.8 Å². The summed E-state index contributed by atoms with van der Waals surface area (Å²) in [5, 5.41) is 7.79. The van der Waals surface area contributed by atoms with Gasteiger partial charge in [0.15, 0.2) is 6.29 Å². The van der Waals surface area contributed by atoms with Crippen LogP contribution in [0.5, 0.6) is 0 Å². The number of aromatic nitrogens is 3. The minimum absolute atomic E-state index is 0.433. The van der Waals surface area contributed by atoms with Gasteiger partial charge in [0.1, 0.15) is 5.69 Å². The predicted octanol–water partition coefficient (Wildman–Crippen LogP) is 1.08. The Balaban J connectivity index is 2.75. The molecule has 1 aromatic heterocycles. The molecule has 0 radical (unpaired) electrons. The third kappa shape index (κ3) is 3.13. The van der Waals surface area contributed by atoms with E-state index >= 15 is 0 Å². The molecule has 1 rings (SSSR count). The van der Waals surface area contributed by atoms with E-state index in [-0.39, 0.29) is 0 Å². The van der Waals surface area contributed by atoms with Crippen LogP contribution in [0, 0.1) is 0 Å². The summed E-state index contributed by atoms with van der Waals surface area (Å²) in [7, 11) is 1.64. The molecule has 0 saturated heterocycles. The Morgan fingerprint density at radius 2 is 2.33 bits per heavy atom. The molecule has 0 amide bonds. The van der Waals surface area contributed by atoms with Gasteiger partial charge in [-0.2, -0.15) is 0 Å². The maximum Gasteiger partial charge on any atom is 0.172 e. The van der Waals surface area contributed by atoms with E-state index in [4.69, 9.17) is 4.74 Å². The Labute approximate surface area is 89.4 Å². The number of rotatable bonds is 7. The average molecular weight is 211 g/mol. The highest BCUT2D eigenvalue weighted by Crippen LogP contribution is 2.06. The van der Waals surface area contributed by atoms with Crippen molar-refractivity contribution >= 4 is 6.29 Å². The summed E-state index contributed by atoms with van der Waals surface area (Å²) in [4.78, 5) is 10.7. The fourth-order valence-electron chi connectivity index (χ4n) is 1.38. The van der Waals surface area contributed by atoms with E-state index in [1.807, 2.05) is 0 Å². The smallest absolute Gasteiger partial charge is 0.172 e. The van der Waals surface area contributed by atoms with E-state index in [0.29, 0.717) is 18.7 Å². The van der Waals surface area contributed by atoms with Crippen LogP contribution in [0.1, 0.15) is 35.9 Å². The van der Waals surface area contributed by atoms with Gasteiger partial charge in [0, 0.05) is 20.1 Å². The van der Waals surface area contributed by atoms with Crippen molar-refractivity contribution in [3.63, 3.8) is 0 Å². The Morgan fingerprint density at radius 3 is 2.93 bits per heavy atom. The van der Waals surface area contributed by atoms with Crippen LogP contribution >= 0.6 is 0 Å². The molecule has 0 atom stereocenters. The van der Waals surface area contributed by atoms with Gasteiger partial charge < -0.3 is 4.74 Å². The van der Waals surface area contributed by atoms with Gasteiger partial charge in [0.2, 0.25) is 0 Å². The number of nitrogens with zero attached hydrogens (tertiary/aromatic N) is 3. The highest BCUT2D eigenvalue weighted by atomic mass is 16.5. The van der Waals surface area contributed by atoms with Crippen LogP contribution in [-0.2, 0) is 17.7 Å². The van der Waals surface area contributed by atoms with Crippen LogP contribution in [0.15, 0.2) is 0 Å². The van der Waals surface area contributed by atoms with Gasteiger partial charge in [-0.25, -0.2) is 4.68 Å². The molecular formula is C10H17N3O2. The minimum atomic E-state index is 0.433. The van der Waals surface area contributed by atoms with Crippen LogP contribution in [-0.4, -0.2) is 35.0 Å². The molecule has 0 aliphatic heterocycles. The molecule has 84 valence electrons. The SMILES string of the molecule is CCCCn1nnc(C=O)c1CCOC. The zero-order chi connectivity index (χ0) is 11.1. The number of carbonyl (C=O) groups excluding carboxylic acids is 1. The lowest BCUT2D eigenvalue weighted by atomic mass is 10.2. The van der Waals surface area contributed by atoms with Gasteiger partial charge in [-0.05, 0) is 6.42 Å². The number of ether oxygens (including phenoxy) is 1. The maximum absolute atomic E-state index is 10.7. The third-order valence-corrected chi connectivity index (χ3v) is 2.25. The second-order valence-electron chi connectivity index (χ2n) is 3.36. The van der Waals surface area contributed by atoms with Crippen molar-refractivity contribution in [3.8, 4) is 0 Å². The molecule has 0 aromatic carbocycles. The van der Waals surface area contributed by atoms with Crippen molar-refractivity contribution in [3.05, 3.63) is 11.4 Å². The summed E-state index contributed by atoms with van der Waals surface area (Å²) >= 11 is 0. The van der Waals surface area contributed by atoms with Crippen molar-refractivity contribution in [1.29, 1.82) is 0 Å². The van der Waals surface area contributed by atoms with Crippen LogP contribution in [0.2, 0.25) is 0 Å². The first-order valence-electron chi connectivity index (χ1n) is 5.20. The van der Waals surface area contributed by atoms with Gasteiger partial charge in [0.05, 0.1) is 12.3 Å². The summed E-state index contributed by atoms with van der Waals surface area (Å²) in [6.45, 7) is 3.52. The summed E-state index contributed by atoms with van der Waals surface area (Å²) in [5.74, 6) is 0. The molecule has 0 aliphatic rings. The maximum atomic E-state index is 10.7. The molecule has 15 heavy (non-hydrogen) atoms. The minimum Gasteiger partial charge on any atom is -0.384 e. The lowest BCUT2D eigenvalue weighted by molar-refractivity contribution is 0.111. The molecule has 0 aliphatic carbocycles. The van der Waals surface area contributed by atoms with Gasteiger partial charge in [-0.1, -0.05) is 18.6 Å². The number of hydrogen-bond acceptors (Lipinski definition) is 4. The second-order valence-corrected chi connectivity index (χ2v) is 3.36. The van der Waals surface area contributed by atoms with Crippen LogP contribution in [0.3, 0.4) is 0 Å². The van der Waals surface area contributed by atoms with E-state index in [0.717, 1.165) is 31.4 Å². The summed E-state index contributed by atoms with van der Waals surface area (Å²) in [6.07, 6.45) is 3.57. The fourth-order valence-corrected chi connectivity index (χ4v) is 1.38. The Bertz CT molecular complexity index is 310. The lowest BCUT2D eigenvalue weighted by Crippen LogP contribution is -2.08. The van der Waals surface area contributed by atoms with Crippen molar-refractivity contribution in [2.45, 2.75) is 32.7 Å². The van der Waals surface area contributed by atoms with Crippen molar-refractivity contribution in [2.75, 3.05) is 13.7 Å². The molecule has 0 fully saturated rings. The summed E-state index contributed by atoms with van der Waals surface area (Å²) in [6, 6.07) is 0. The van der Waals surface area contributed by atoms with Gasteiger partial charge >= 0.3 is 0 Å². The fraction of sp³-hybridized carbons (Fsp3) is 0.700. The third-order valence-electron chi connectivity index (χ3n) is 2.25. The second kappa shape index (κ2) is 6.29. The quantitative estimate of drug-likeness (QED) is 0.633. The lowest BCUT2D eigenvalue weighted by Gasteiger charge is -2.05. The number of aryl methyl sites for hydroxylation is 1. The first-order valence-corrected chi connectivity index (χ1v) is 5.20. The normalized spacial score (nSPS) is 10.5.